The number of phenols is 1. The van der Waals surface area contributed by atoms with Gasteiger partial charge in [0.1, 0.15) is 41.3 Å². The third kappa shape index (κ3) is 4.46. The minimum absolute atomic E-state index is 0.00213. The maximum Gasteiger partial charge on any atom is 0.319 e. The van der Waals surface area contributed by atoms with E-state index in [2.05, 4.69) is 20.3 Å². The summed E-state index contributed by atoms with van der Waals surface area (Å²) in [7, 11) is 0. The Balaban J connectivity index is 1.30. The number of aromatic nitrogens is 3. The molecule has 44 heavy (non-hydrogen) atoms. The van der Waals surface area contributed by atoms with E-state index in [9.17, 15) is 13.9 Å². The summed E-state index contributed by atoms with van der Waals surface area (Å²) in [5.41, 5.74) is -1.51. The van der Waals surface area contributed by atoms with Crippen LogP contribution in [0.4, 0.5) is 19.0 Å². The van der Waals surface area contributed by atoms with Crippen molar-refractivity contribution < 1.29 is 28.5 Å². The van der Waals surface area contributed by atoms with Gasteiger partial charge in [-0.25, -0.2) is 13.2 Å². The summed E-state index contributed by atoms with van der Waals surface area (Å²) in [5.74, 6) is -1.22. The van der Waals surface area contributed by atoms with Crippen LogP contribution in [-0.4, -0.2) is 81.4 Å². The lowest BCUT2D eigenvalue weighted by atomic mass is 9.94. The molecule has 6 heterocycles. The minimum atomic E-state index is -2.65. The first-order valence-corrected chi connectivity index (χ1v) is 15.2. The second-order valence-electron chi connectivity index (χ2n) is 12.3. The Morgan fingerprint density at radius 2 is 2.00 bits per heavy atom. The molecule has 0 aliphatic carbocycles. The molecule has 2 bridgehead atoms. The average Bonchev–Trinajstić information content (AvgIpc) is 3.66. The summed E-state index contributed by atoms with van der Waals surface area (Å²) in [4.78, 5) is 16.7. The molecule has 0 saturated carbocycles. The predicted molar refractivity (Wildman–Crippen MR) is 162 cm³/mol. The Morgan fingerprint density at radius 1 is 1.18 bits per heavy atom. The third-order valence-corrected chi connectivity index (χ3v) is 9.55. The van der Waals surface area contributed by atoms with Crippen LogP contribution in [0.1, 0.15) is 50.1 Å². The van der Waals surface area contributed by atoms with Gasteiger partial charge in [-0.2, -0.15) is 9.97 Å². The number of anilines is 1. The maximum atomic E-state index is 16.9. The fourth-order valence-corrected chi connectivity index (χ4v) is 7.55. The Bertz CT molecular complexity index is 1960. The molecule has 4 aliphatic heterocycles. The predicted octanol–water partition coefficient (Wildman–Crippen LogP) is 5.29. The fraction of sp³-hybridized carbons (Fsp3) is 0.485. The molecule has 8 rings (SSSR count). The number of phenolic OH excluding ortho intramolecular Hbond substituents is 1. The van der Waals surface area contributed by atoms with Crippen LogP contribution in [0.3, 0.4) is 0 Å². The van der Waals surface area contributed by atoms with Crippen LogP contribution in [0.15, 0.2) is 30.5 Å². The van der Waals surface area contributed by atoms with Gasteiger partial charge in [0.2, 0.25) is 0 Å². The van der Waals surface area contributed by atoms with Gasteiger partial charge in [-0.1, -0.05) is 13.0 Å². The Morgan fingerprint density at radius 3 is 2.80 bits per heavy atom. The van der Waals surface area contributed by atoms with E-state index in [0.29, 0.717) is 41.7 Å². The van der Waals surface area contributed by atoms with Crippen molar-refractivity contribution in [2.24, 2.45) is 0 Å². The van der Waals surface area contributed by atoms with Gasteiger partial charge in [0, 0.05) is 52.6 Å². The van der Waals surface area contributed by atoms with Gasteiger partial charge in [-0.15, -0.1) is 0 Å². The molecule has 230 valence electrons. The zero-order valence-electron chi connectivity index (χ0n) is 28.2. The molecule has 4 aromatic rings. The topological polar surface area (TPSA) is 86.6 Å². The summed E-state index contributed by atoms with van der Waals surface area (Å²) in [5, 5.41) is 15.3. The molecule has 4 saturated heterocycles. The molecular formula is C33H35F3N6O2. The number of pyridine rings is 1. The maximum absolute atomic E-state index is 16.9. The van der Waals surface area contributed by atoms with Gasteiger partial charge in [-0.05, 0) is 73.1 Å². The molecule has 0 radical (unpaired) electrons. The van der Waals surface area contributed by atoms with Crippen molar-refractivity contribution in [1.82, 2.24) is 25.2 Å². The second-order valence-corrected chi connectivity index (χ2v) is 12.3. The van der Waals surface area contributed by atoms with Crippen molar-refractivity contribution in [3.05, 3.63) is 47.7 Å². The van der Waals surface area contributed by atoms with Crippen LogP contribution in [0.2, 0.25) is 0 Å². The molecule has 2 aromatic carbocycles. The number of benzene rings is 2. The number of halogens is 3. The Labute approximate surface area is 258 Å². The van der Waals surface area contributed by atoms with Crippen molar-refractivity contribution in [3.8, 4) is 23.0 Å². The Kier molecular flexibility index (Phi) is 5.61. The number of ether oxygens (including phenoxy) is 1. The summed E-state index contributed by atoms with van der Waals surface area (Å²) in [6.07, 6.45) is 1.93. The molecule has 2 aromatic heterocycles. The number of piperazine rings is 1. The highest BCUT2D eigenvalue weighted by Gasteiger charge is 2.49. The van der Waals surface area contributed by atoms with Crippen molar-refractivity contribution in [2.75, 3.05) is 37.6 Å². The number of alkyl halides is 1. The largest absolute Gasteiger partial charge is 0.508 e. The Hall–Kier alpha value is -3.70. The first kappa shape index (κ1) is 23.7. The molecule has 4 aliphatic rings. The molecule has 11 heteroatoms. The van der Waals surface area contributed by atoms with Crippen molar-refractivity contribution >= 4 is 27.5 Å². The third-order valence-electron chi connectivity index (χ3n) is 9.55. The van der Waals surface area contributed by atoms with Gasteiger partial charge >= 0.3 is 6.01 Å². The van der Waals surface area contributed by atoms with Crippen LogP contribution < -0.4 is 15.0 Å². The van der Waals surface area contributed by atoms with E-state index in [1.165, 1.54) is 35.4 Å². The number of fused-ring (bicyclic) bond motifs is 5. The molecule has 8 nitrogen and oxygen atoms in total. The molecule has 4 atom stereocenters. The lowest BCUT2D eigenvalue weighted by molar-refractivity contribution is 0.107. The molecular weight excluding hydrogens is 569 g/mol. The summed E-state index contributed by atoms with van der Waals surface area (Å²) in [6.45, 7) is -1.97. The van der Waals surface area contributed by atoms with Crippen LogP contribution >= 0.6 is 0 Å². The van der Waals surface area contributed by atoms with E-state index < -0.39 is 42.4 Å². The smallest absolute Gasteiger partial charge is 0.319 e. The molecule has 0 amide bonds. The molecule has 4 fully saturated rings. The zero-order chi connectivity index (χ0) is 33.7. The molecule has 0 unspecified atom stereocenters. The fourth-order valence-electron chi connectivity index (χ4n) is 7.55. The van der Waals surface area contributed by atoms with Gasteiger partial charge in [0.15, 0.2) is 5.82 Å². The van der Waals surface area contributed by atoms with E-state index in [-0.39, 0.29) is 65.8 Å². The monoisotopic (exact) mass is 608 g/mol. The van der Waals surface area contributed by atoms with Crippen molar-refractivity contribution in [1.29, 1.82) is 0 Å². The van der Waals surface area contributed by atoms with Gasteiger partial charge in [0.05, 0.1) is 13.7 Å². The van der Waals surface area contributed by atoms with Gasteiger partial charge in [0.25, 0.3) is 0 Å². The SMILES string of the molecule is [2H]C1([2H])CC[C@@]2(C([2H])([2H])Oc3nc(N4C[C@H]5CC[C@@H](C4)N5)c4cnc(-c5cc(O)cc6ccc(F)c(CC)c56)c(F)c4n3)C[C@@H](F)CN12. The normalized spacial score (nSPS) is 29.5. The summed E-state index contributed by atoms with van der Waals surface area (Å²) >= 11 is 0. The van der Waals surface area contributed by atoms with Crippen LogP contribution in [0.25, 0.3) is 32.9 Å². The van der Waals surface area contributed by atoms with Gasteiger partial charge < -0.3 is 20.1 Å². The number of hydrogen-bond acceptors (Lipinski definition) is 8. The highest BCUT2D eigenvalue weighted by Crippen LogP contribution is 2.42. The average molecular weight is 609 g/mol. The van der Waals surface area contributed by atoms with Crippen molar-refractivity contribution in [3.63, 3.8) is 0 Å². The number of aryl methyl sites for hydroxylation is 1. The van der Waals surface area contributed by atoms with Crippen LogP contribution in [0.5, 0.6) is 11.8 Å². The van der Waals surface area contributed by atoms with E-state index in [4.69, 9.17) is 10.2 Å². The molecule has 0 spiro atoms. The van der Waals surface area contributed by atoms with Crippen LogP contribution in [-0.2, 0) is 6.42 Å². The highest BCUT2D eigenvalue weighted by atomic mass is 19.1. The van der Waals surface area contributed by atoms with Crippen LogP contribution in [0, 0.1) is 11.6 Å². The first-order valence-electron chi connectivity index (χ1n) is 17.2. The number of rotatable bonds is 6. The number of aromatic hydroxyl groups is 1. The van der Waals surface area contributed by atoms with E-state index in [1.54, 1.807) is 6.92 Å². The second kappa shape index (κ2) is 10.4. The van der Waals surface area contributed by atoms with E-state index in [1.807, 2.05) is 4.90 Å². The quantitative estimate of drug-likeness (QED) is 0.306. The lowest BCUT2D eigenvalue weighted by Crippen LogP contribution is -2.51. The molecule has 2 N–H and O–H groups in total. The minimum Gasteiger partial charge on any atom is -0.508 e. The number of nitrogens with zero attached hydrogens (tertiary/aromatic N) is 5. The lowest BCUT2D eigenvalue weighted by Gasteiger charge is -2.34. The number of nitrogens with one attached hydrogen (secondary N) is 1. The highest BCUT2D eigenvalue weighted by molar-refractivity contribution is 6.01. The first-order chi connectivity index (χ1) is 22.8. The number of hydrogen-bond donors (Lipinski definition) is 2. The standard InChI is InChI=1S/C33H35F3N6O2/c1-2-23-26(35)7-4-18-10-22(43)11-24(27(18)23)29-28(36)30-25(13-37-29)31(41-15-20-5-6-21(16-41)38-20)40-32(39-30)44-17-33-8-3-9-42(33)14-19(34)12-33/h4,7,10-11,13,19-21,38,43H,2-3,5-6,8-9,12,14-17H2,1H3/t19-,20-,21+,33+/m1/s1/i9D2,17D2. The van der Waals surface area contributed by atoms with Crippen molar-refractivity contribution in [2.45, 2.75) is 69.2 Å². The van der Waals surface area contributed by atoms with E-state index >= 15 is 4.39 Å². The summed E-state index contributed by atoms with van der Waals surface area (Å²) < 4.78 is 87.6. The van der Waals surface area contributed by atoms with Gasteiger partial charge in [-0.3, -0.25) is 9.88 Å². The summed E-state index contributed by atoms with van der Waals surface area (Å²) in [6, 6.07) is 5.50. The zero-order valence-corrected chi connectivity index (χ0v) is 24.2. The van der Waals surface area contributed by atoms with E-state index in [0.717, 1.165) is 12.8 Å².